The summed E-state index contributed by atoms with van der Waals surface area (Å²) in [7, 11) is 0. The van der Waals surface area contributed by atoms with Crippen LogP contribution in [0.15, 0.2) is 153 Å². The van der Waals surface area contributed by atoms with Crippen molar-refractivity contribution in [2.75, 3.05) is 44.4 Å². The molecule has 4 amide bonds. The lowest BCUT2D eigenvalue weighted by Crippen LogP contribution is -2.75. The standard InChI is InChI=1S/C24H24ClF2N3O3.C21H21ClN2O3.2C20H20ClN3O3/c1-15-6-18(2-3-19(15)25)33-9-17(31)8-22-10-23(11-22,12-22)29-21(32)20-7-16(4-5-28-20)30-13-24(26,27)14-30;1-14-8-17(2-3-18(14)22)27-10-16(25)9-20-11-21(12-20,13-20)24-19(26)15-4-6-23-7-5-15;1-13-4-16(2-3-17(13)21)27-8-15(25)5-19-9-20(10-19,11-19)24-18(26)14-6-22-12-23-7-14;1-13-6-15(2-3-16(13)21)27-8-14(25)7-19-9-20(10-19,11-19)24-18(26)17-4-5-22-12-23-17/h2-7H,8-14H2,1H3,(H,29,32);2-8H,9-13H2,1H3,(H,24,26);2-4,6-7,12H,5,8-11H2,1H3,(H,24,26);2-6,12H,7-11H2,1H3,(H,24,26). The second-order valence-corrected chi connectivity index (χ2v) is 34.9. The highest BCUT2D eigenvalue weighted by atomic mass is 35.5. The van der Waals surface area contributed by atoms with E-state index in [-0.39, 0.29) is 136 Å². The van der Waals surface area contributed by atoms with Gasteiger partial charge in [-0.3, -0.25) is 48.3 Å². The number of aromatic nitrogens is 6. The topological polar surface area (TPSA) is 302 Å². The maximum absolute atomic E-state index is 13.1. The van der Waals surface area contributed by atoms with Gasteiger partial charge in [0.25, 0.3) is 29.6 Å². The molecule has 8 bridgehead atoms. The first kappa shape index (κ1) is 80.5. The van der Waals surface area contributed by atoms with Crippen LogP contribution in [0, 0.1) is 49.4 Å². The molecule has 12 saturated carbocycles. The number of rotatable bonds is 29. The van der Waals surface area contributed by atoms with Crippen LogP contribution in [0.3, 0.4) is 0 Å². The molecule has 5 heterocycles. The van der Waals surface area contributed by atoms with Crippen molar-refractivity contribution in [3.05, 3.63) is 218 Å². The van der Waals surface area contributed by atoms with Crippen molar-refractivity contribution in [1.82, 2.24) is 51.2 Å². The van der Waals surface area contributed by atoms with Crippen LogP contribution in [0.25, 0.3) is 0 Å². The van der Waals surface area contributed by atoms with Gasteiger partial charge in [0, 0.05) is 116 Å². The van der Waals surface area contributed by atoms with Crippen LogP contribution in [0.2, 0.25) is 20.1 Å². The largest absolute Gasteiger partial charge is 0.486 e. The quantitative estimate of drug-likeness (QED) is 0.0338. The Hall–Kier alpha value is -10.1. The summed E-state index contributed by atoms with van der Waals surface area (Å²) in [5.41, 5.74) is 5.13. The van der Waals surface area contributed by atoms with E-state index >= 15 is 0 Å². The molecule has 114 heavy (non-hydrogen) atoms. The molecule has 1 saturated heterocycles. The van der Waals surface area contributed by atoms with E-state index in [1.54, 1.807) is 104 Å². The molecule has 0 spiro atoms. The van der Waals surface area contributed by atoms with E-state index < -0.39 is 5.92 Å². The third kappa shape index (κ3) is 18.3. The first-order chi connectivity index (χ1) is 54.2. The zero-order valence-electron chi connectivity index (χ0n) is 63.3. The number of amides is 4. The normalized spacial score (nSPS) is 25.5. The van der Waals surface area contributed by atoms with Gasteiger partial charge < -0.3 is 45.1 Å². The molecule has 0 radical (unpaired) electrons. The SMILES string of the molecule is Cc1cc(OCC(=O)CC23CC(NC(=O)c4cc(N5CC(F)(F)C5)ccn4)(C2)C3)ccc1Cl.Cc1cc(OCC(=O)CC23CC(NC(=O)c4ccncc4)(C2)C3)ccc1Cl.Cc1cc(OCC(=O)CC23CC(NC(=O)c4ccncn4)(C2)C3)ccc1Cl.Cc1cc(OCC(=O)CC23CC(NC(=O)c4cncnc4)(C2)C3)ccc1Cl. The molecule has 8 aromatic rings. The number of alkyl halides is 2. The van der Waals surface area contributed by atoms with E-state index in [4.69, 9.17) is 65.4 Å². The van der Waals surface area contributed by atoms with Crippen molar-refractivity contribution in [2.24, 2.45) is 21.7 Å². The fourth-order valence-corrected chi connectivity index (χ4v) is 19.1. The maximum Gasteiger partial charge on any atom is 0.282 e. The van der Waals surface area contributed by atoms with E-state index in [2.05, 4.69) is 51.2 Å². The highest BCUT2D eigenvalue weighted by Crippen LogP contribution is 2.71. The first-order valence-electron chi connectivity index (χ1n) is 37.7. The number of pyridine rings is 2. The molecule has 23 nitrogen and oxygen atoms in total. The van der Waals surface area contributed by atoms with Crippen LogP contribution in [0.5, 0.6) is 23.0 Å². The summed E-state index contributed by atoms with van der Waals surface area (Å²) in [4.78, 5) is 124. The van der Waals surface area contributed by atoms with Gasteiger partial charge >= 0.3 is 0 Å². The molecule has 4 aromatic carbocycles. The zero-order chi connectivity index (χ0) is 80.6. The van der Waals surface area contributed by atoms with Crippen LogP contribution in [-0.4, -0.2) is 144 Å². The molecule has 21 rings (SSSR count). The van der Waals surface area contributed by atoms with Gasteiger partial charge in [-0.25, -0.2) is 28.7 Å². The molecule has 1 aliphatic heterocycles. The third-order valence-corrected chi connectivity index (χ3v) is 24.9. The van der Waals surface area contributed by atoms with Gasteiger partial charge in [0.15, 0.2) is 23.1 Å². The van der Waals surface area contributed by atoms with Crippen molar-refractivity contribution < 1.29 is 66.1 Å². The van der Waals surface area contributed by atoms with Gasteiger partial charge in [-0.15, -0.1) is 0 Å². The number of hydrogen-bond donors (Lipinski definition) is 4. The molecule has 0 unspecified atom stereocenters. The number of Topliss-reactive ketones (excluding diaryl/α,β-unsaturated/α-hetero) is 4. The number of nitrogens with one attached hydrogen (secondary N) is 4. The number of halogens is 6. The molecule has 29 heteroatoms. The van der Waals surface area contributed by atoms with Crippen LogP contribution < -0.4 is 45.1 Å². The molecule has 13 fully saturated rings. The van der Waals surface area contributed by atoms with Crippen LogP contribution in [0.4, 0.5) is 14.5 Å². The van der Waals surface area contributed by atoms with Gasteiger partial charge in [-0.05, 0) is 252 Å². The maximum atomic E-state index is 13.1. The van der Waals surface area contributed by atoms with Gasteiger partial charge in [0.2, 0.25) is 0 Å². The molecule has 4 aromatic heterocycles. The van der Waals surface area contributed by atoms with Crippen LogP contribution in [0.1, 0.15) is 167 Å². The molecule has 4 N–H and O–H groups in total. The van der Waals surface area contributed by atoms with E-state index in [1.807, 2.05) is 45.9 Å². The molecule has 0 atom stereocenters. The minimum atomic E-state index is -2.68. The smallest absolute Gasteiger partial charge is 0.282 e. The Morgan fingerprint density at radius 3 is 1.04 bits per heavy atom. The molecular formula is C85H85Cl4F2N11O12. The Labute approximate surface area is 677 Å². The fourth-order valence-electron chi connectivity index (χ4n) is 18.6. The summed E-state index contributed by atoms with van der Waals surface area (Å²) in [6.45, 7) is 7.07. The summed E-state index contributed by atoms with van der Waals surface area (Å²) in [5.74, 6) is -0.544. The highest BCUT2D eigenvalue weighted by Gasteiger charge is 2.71. The van der Waals surface area contributed by atoms with Crippen molar-refractivity contribution >= 4 is 98.9 Å². The van der Waals surface area contributed by atoms with E-state index in [0.717, 1.165) is 99.3 Å². The van der Waals surface area contributed by atoms with E-state index in [9.17, 15) is 47.1 Å². The van der Waals surface area contributed by atoms with Gasteiger partial charge in [0.1, 0.15) is 73.5 Å². The molecule has 594 valence electrons. The lowest BCUT2D eigenvalue weighted by Gasteiger charge is -2.70. The van der Waals surface area contributed by atoms with E-state index in [0.29, 0.717) is 91.3 Å². The van der Waals surface area contributed by atoms with Gasteiger partial charge in [0.05, 0.1) is 18.7 Å². The fraction of sp³-hybridized carbons (Fsp3) is 0.412. The number of carbonyl (C=O) groups is 8. The molecular weight excluding hydrogens is 1550 g/mol. The first-order valence-corrected chi connectivity index (χ1v) is 39.2. The van der Waals surface area contributed by atoms with E-state index in [1.165, 1.54) is 36.1 Å². The number of ether oxygens (including phenoxy) is 4. The second-order valence-electron chi connectivity index (χ2n) is 33.3. The number of nitrogens with zero attached hydrogens (tertiary/aromatic N) is 7. The summed E-state index contributed by atoms with van der Waals surface area (Å²) in [5, 5.41) is 15.0. The summed E-state index contributed by atoms with van der Waals surface area (Å²) < 4.78 is 48.6. The van der Waals surface area contributed by atoms with Gasteiger partial charge in [-0.2, -0.15) is 0 Å². The second kappa shape index (κ2) is 32.0. The minimum absolute atomic E-state index is 0.00837. The zero-order valence-corrected chi connectivity index (χ0v) is 66.3. The van der Waals surface area contributed by atoms with Gasteiger partial charge in [-0.1, -0.05) is 46.4 Å². The number of ketones is 4. The predicted molar refractivity (Wildman–Crippen MR) is 421 cm³/mol. The van der Waals surface area contributed by atoms with Crippen molar-refractivity contribution in [1.29, 1.82) is 0 Å². The van der Waals surface area contributed by atoms with Crippen LogP contribution >= 0.6 is 46.4 Å². The molecule has 12 aliphatic carbocycles. The number of hydrogen-bond acceptors (Lipinski definition) is 19. The van der Waals surface area contributed by atoms with Crippen molar-refractivity contribution in [2.45, 2.75) is 159 Å². The lowest BCUT2D eigenvalue weighted by molar-refractivity contribution is -0.163. The summed E-state index contributed by atoms with van der Waals surface area (Å²) in [6.07, 6.45) is 23.8. The average molecular weight is 1630 g/mol. The predicted octanol–water partition coefficient (Wildman–Crippen LogP) is 14.2. The monoisotopic (exact) mass is 1630 g/mol. The number of carbonyl (C=O) groups excluding carboxylic acids is 8. The Morgan fingerprint density at radius 1 is 0.377 bits per heavy atom. The van der Waals surface area contributed by atoms with Crippen LogP contribution in [-0.2, 0) is 19.2 Å². The minimum Gasteiger partial charge on any atom is -0.486 e. The number of benzene rings is 4. The lowest BCUT2D eigenvalue weighted by atomic mass is 9.38. The summed E-state index contributed by atoms with van der Waals surface area (Å²) in [6, 6.07) is 29.6. The average Bonchev–Trinajstić information content (AvgIpc) is 0.700. The molecule has 13 aliphatic rings. The van der Waals surface area contributed by atoms with Crippen molar-refractivity contribution in [3.8, 4) is 23.0 Å². The van der Waals surface area contributed by atoms with Crippen molar-refractivity contribution in [3.63, 3.8) is 0 Å². The Morgan fingerprint density at radius 2 is 0.711 bits per heavy atom. The Balaban J connectivity index is 0.000000126. The summed E-state index contributed by atoms with van der Waals surface area (Å²) >= 11 is 24.0. The Kier molecular flexibility index (Phi) is 22.6. The number of aryl methyl sites for hydroxylation is 4. The third-order valence-electron chi connectivity index (χ3n) is 23.2. The highest BCUT2D eigenvalue weighted by molar-refractivity contribution is 6.32. The number of anilines is 1. The Bertz CT molecular complexity index is 4650.